The molecule has 1 aromatic heterocycles. The number of benzene rings is 2. The fourth-order valence-corrected chi connectivity index (χ4v) is 2.61. The van der Waals surface area contributed by atoms with Crippen LogP contribution in [-0.4, -0.2) is 27.9 Å². The molecule has 0 amide bonds. The number of rotatable bonds is 6. The average molecular weight is 342 g/mol. The maximum Gasteiger partial charge on any atom is 0.200 e. The third-order valence-corrected chi connectivity index (χ3v) is 3.82. The van der Waals surface area contributed by atoms with Crippen molar-refractivity contribution in [2.45, 2.75) is 0 Å². The summed E-state index contributed by atoms with van der Waals surface area (Å²) >= 11 is 0. The van der Waals surface area contributed by atoms with E-state index in [1.807, 2.05) is 0 Å². The molecule has 0 aliphatic carbocycles. The molecule has 0 atom stereocenters. The quantitative estimate of drug-likeness (QED) is 0.504. The molecule has 0 aliphatic heterocycles. The largest absolute Gasteiger partial charge is 0.493 e. The van der Waals surface area contributed by atoms with Crippen LogP contribution < -0.4 is 24.4 Å². The van der Waals surface area contributed by atoms with Crippen molar-refractivity contribution in [1.82, 2.24) is 0 Å². The molecule has 0 fully saturated rings. The first kappa shape index (κ1) is 16.7. The molecule has 3 aromatic rings. The van der Waals surface area contributed by atoms with Gasteiger partial charge in [-0.05, 0) is 12.1 Å². The van der Waals surface area contributed by atoms with Gasteiger partial charge in [-0.2, -0.15) is 0 Å². The van der Waals surface area contributed by atoms with Crippen molar-refractivity contribution in [1.29, 1.82) is 0 Å². The molecule has 0 saturated carbocycles. The minimum Gasteiger partial charge on any atom is -0.493 e. The first-order valence-corrected chi connectivity index (χ1v) is 7.57. The van der Waals surface area contributed by atoms with E-state index in [1.54, 1.807) is 30.3 Å². The monoisotopic (exact) mass is 342 g/mol. The van der Waals surface area contributed by atoms with Crippen LogP contribution in [0.4, 0.5) is 0 Å². The van der Waals surface area contributed by atoms with Crippen molar-refractivity contribution in [2.75, 3.05) is 27.9 Å². The van der Waals surface area contributed by atoms with E-state index >= 15 is 0 Å². The average Bonchev–Trinajstić information content (AvgIpc) is 2.64. The van der Waals surface area contributed by atoms with Gasteiger partial charge in [0.25, 0.3) is 0 Å². The second-order valence-electron chi connectivity index (χ2n) is 5.23. The molecular formula is C19H18O6. The van der Waals surface area contributed by atoms with E-state index in [9.17, 15) is 4.79 Å². The highest BCUT2D eigenvalue weighted by Gasteiger charge is 2.16. The predicted molar refractivity (Wildman–Crippen MR) is 95.3 cm³/mol. The summed E-state index contributed by atoms with van der Waals surface area (Å²) in [5.74, 6) is 1.85. The third kappa shape index (κ3) is 2.87. The molecule has 0 saturated heterocycles. The lowest BCUT2D eigenvalue weighted by Crippen LogP contribution is -2.05. The predicted octanol–water partition coefficient (Wildman–Crippen LogP) is 3.54. The van der Waals surface area contributed by atoms with Gasteiger partial charge in [0.05, 0.1) is 32.1 Å². The number of hydrogen-bond acceptors (Lipinski definition) is 6. The summed E-state index contributed by atoms with van der Waals surface area (Å²) in [6, 6.07) is 6.47. The Bertz CT molecular complexity index is 1000. The highest BCUT2D eigenvalue weighted by molar-refractivity contribution is 5.92. The van der Waals surface area contributed by atoms with Gasteiger partial charge in [0.15, 0.2) is 23.0 Å². The van der Waals surface area contributed by atoms with Crippen LogP contribution in [0, 0.1) is 0 Å². The normalized spacial score (nSPS) is 10.7. The molecule has 0 bridgehead atoms. The Kier molecular flexibility index (Phi) is 4.52. The molecule has 0 aliphatic rings. The molecule has 3 rings (SSSR count). The SMILES string of the molecule is C=CCOc1cc2oc3cc(OC)c(OC)cc3c(=O)c2cc1OC. The number of methoxy groups -OCH3 is 3. The second kappa shape index (κ2) is 6.76. The van der Waals surface area contributed by atoms with Gasteiger partial charge in [-0.1, -0.05) is 12.7 Å². The van der Waals surface area contributed by atoms with Crippen LogP contribution in [0.2, 0.25) is 0 Å². The lowest BCUT2D eigenvalue weighted by Gasteiger charge is -2.12. The number of fused-ring (bicyclic) bond motifs is 2. The van der Waals surface area contributed by atoms with E-state index in [4.69, 9.17) is 23.4 Å². The molecule has 1 heterocycles. The topological polar surface area (TPSA) is 67.1 Å². The standard InChI is InChI=1S/C19H18O6/c1-5-6-24-18-10-14-12(8-16(18)22-3)19(20)11-7-15(21-2)17(23-4)9-13(11)25-14/h5,7-10H,1,6H2,2-4H3. The zero-order valence-electron chi connectivity index (χ0n) is 14.3. The van der Waals surface area contributed by atoms with Crippen LogP contribution in [0.5, 0.6) is 23.0 Å². The van der Waals surface area contributed by atoms with Crippen molar-refractivity contribution in [2.24, 2.45) is 0 Å². The number of ether oxygens (including phenoxy) is 4. The van der Waals surface area contributed by atoms with Gasteiger partial charge in [-0.3, -0.25) is 4.79 Å². The zero-order chi connectivity index (χ0) is 18.0. The molecular weight excluding hydrogens is 324 g/mol. The van der Waals surface area contributed by atoms with Crippen LogP contribution in [0.15, 0.2) is 46.1 Å². The summed E-state index contributed by atoms with van der Waals surface area (Å²) in [4.78, 5) is 12.9. The Morgan fingerprint density at radius 1 is 0.880 bits per heavy atom. The van der Waals surface area contributed by atoms with Crippen molar-refractivity contribution in [3.63, 3.8) is 0 Å². The molecule has 0 radical (unpaired) electrons. The van der Waals surface area contributed by atoms with Gasteiger partial charge in [0.2, 0.25) is 5.43 Å². The summed E-state index contributed by atoms with van der Waals surface area (Å²) < 4.78 is 27.3. The Morgan fingerprint density at radius 3 is 1.88 bits per heavy atom. The van der Waals surface area contributed by atoms with Crippen LogP contribution >= 0.6 is 0 Å². The first-order chi connectivity index (χ1) is 12.1. The highest BCUT2D eigenvalue weighted by Crippen LogP contribution is 2.35. The molecule has 0 N–H and O–H groups in total. The minimum atomic E-state index is -0.189. The van der Waals surface area contributed by atoms with E-state index in [0.29, 0.717) is 51.5 Å². The molecule has 0 unspecified atom stereocenters. The maximum absolute atomic E-state index is 12.9. The summed E-state index contributed by atoms with van der Waals surface area (Å²) in [5, 5.41) is 0.787. The lowest BCUT2D eigenvalue weighted by molar-refractivity contribution is 0.326. The third-order valence-electron chi connectivity index (χ3n) is 3.82. The fourth-order valence-electron chi connectivity index (χ4n) is 2.61. The lowest BCUT2D eigenvalue weighted by atomic mass is 10.1. The fraction of sp³-hybridized carbons (Fsp3) is 0.211. The van der Waals surface area contributed by atoms with Crippen molar-refractivity contribution in [3.8, 4) is 23.0 Å². The zero-order valence-corrected chi connectivity index (χ0v) is 14.3. The van der Waals surface area contributed by atoms with Crippen molar-refractivity contribution < 1.29 is 23.4 Å². The molecule has 130 valence electrons. The van der Waals surface area contributed by atoms with Crippen LogP contribution in [0.25, 0.3) is 21.9 Å². The Morgan fingerprint density at radius 2 is 1.36 bits per heavy atom. The van der Waals surface area contributed by atoms with Crippen LogP contribution in [0.3, 0.4) is 0 Å². The van der Waals surface area contributed by atoms with E-state index in [-0.39, 0.29) is 5.43 Å². The summed E-state index contributed by atoms with van der Waals surface area (Å²) in [5.41, 5.74) is 0.602. The van der Waals surface area contributed by atoms with Gasteiger partial charge in [0.1, 0.15) is 17.8 Å². The van der Waals surface area contributed by atoms with E-state index in [1.165, 1.54) is 21.3 Å². The second-order valence-corrected chi connectivity index (χ2v) is 5.23. The van der Waals surface area contributed by atoms with Gasteiger partial charge >= 0.3 is 0 Å². The van der Waals surface area contributed by atoms with Crippen LogP contribution in [-0.2, 0) is 0 Å². The van der Waals surface area contributed by atoms with E-state index < -0.39 is 0 Å². The van der Waals surface area contributed by atoms with Gasteiger partial charge in [0, 0.05) is 12.1 Å². The smallest absolute Gasteiger partial charge is 0.200 e. The Hall–Kier alpha value is -3.15. The number of hydrogen-bond donors (Lipinski definition) is 0. The van der Waals surface area contributed by atoms with Crippen molar-refractivity contribution in [3.05, 3.63) is 47.1 Å². The first-order valence-electron chi connectivity index (χ1n) is 7.57. The Labute approximate surface area is 144 Å². The van der Waals surface area contributed by atoms with Crippen molar-refractivity contribution >= 4 is 21.9 Å². The molecule has 0 spiro atoms. The van der Waals surface area contributed by atoms with E-state index in [2.05, 4.69) is 6.58 Å². The highest BCUT2D eigenvalue weighted by atomic mass is 16.5. The summed E-state index contributed by atoms with van der Waals surface area (Å²) in [6.45, 7) is 3.93. The summed E-state index contributed by atoms with van der Waals surface area (Å²) in [7, 11) is 4.55. The maximum atomic E-state index is 12.9. The van der Waals surface area contributed by atoms with E-state index in [0.717, 1.165) is 0 Å². The molecule has 6 nitrogen and oxygen atoms in total. The minimum absolute atomic E-state index is 0.189. The van der Waals surface area contributed by atoms with Gasteiger partial charge in [-0.15, -0.1) is 0 Å². The summed E-state index contributed by atoms with van der Waals surface area (Å²) in [6.07, 6.45) is 1.62. The van der Waals surface area contributed by atoms with Crippen LogP contribution in [0.1, 0.15) is 0 Å². The molecule has 6 heteroatoms. The molecule has 25 heavy (non-hydrogen) atoms. The van der Waals surface area contributed by atoms with Gasteiger partial charge < -0.3 is 23.4 Å². The van der Waals surface area contributed by atoms with Gasteiger partial charge in [-0.25, -0.2) is 0 Å². The Balaban J connectivity index is 2.32. The molecule has 2 aromatic carbocycles.